The smallest absolute Gasteiger partial charge is 0.495 e. The third-order valence-corrected chi connectivity index (χ3v) is 5.36. The molecule has 0 bridgehead atoms. The molecule has 0 saturated heterocycles. The SMILES string of the molecule is COc1ccccc1NP(=O)(Oc1ccc(Cl)cc1)Oc1ccc(Cl)cc1. The standard InChI is InChI=1S/C19H16Cl2NO4P/c1-24-19-5-3-2-4-18(19)22-27(23,25-16-10-6-14(20)7-11-16)26-17-12-8-15(21)9-13-17/h2-13H,1H3,(H,22,23). The fourth-order valence-corrected chi connectivity index (χ4v) is 3.88. The van der Waals surface area contributed by atoms with E-state index in [1.54, 1.807) is 72.8 Å². The van der Waals surface area contributed by atoms with E-state index in [4.69, 9.17) is 37.0 Å². The van der Waals surface area contributed by atoms with Gasteiger partial charge in [-0.05, 0) is 60.7 Å². The Hall–Kier alpha value is -2.33. The molecule has 27 heavy (non-hydrogen) atoms. The summed E-state index contributed by atoms with van der Waals surface area (Å²) in [5.74, 6) is 1.16. The van der Waals surface area contributed by atoms with Crippen molar-refractivity contribution in [3.8, 4) is 17.2 Å². The Morgan fingerprint density at radius 3 is 1.74 bits per heavy atom. The lowest BCUT2D eigenvalue weighted by atomic mass is 10.3. The molecule has 8 heteroatoms. The van der Waals surface area contributed by atoms with Gasteiger partial charge < -0.3 is 13.8 Å². The Morgan fingerprint density at radius 2 is 1.26 bits per heavy atom. The number of hydrogen-bond donors (Lipinski definition) is 1. The second kappa shape index (κ2) is 8.57. The lowest BCUT2D eigenvalue weighted by Gasteiger charge is -2.22. The molecule has 0 unspecified atom stereocenters. The van der Waals surface area contributed by atoms with Gasteiger partial charge in [-0.1, -0.05) is 35.3 Å². The molecule has 0 aromatic heterocycles. The van der Waals surface area contributed by atoms with Crippen molar-refractivity contribution in [3.05, 3.63) is 82.8 Å². The molecule has 0 atom stereocenters. The van der Waals surface area contributed by atoms with E-state index in [9.17, 15) is 4.57 Å². The van der Waals surface area contributed by atoms with Crippen molar-refractivity contribution in [3.63, 3.8) is 0 Å². The van der Waals surface area contributed by atoms with Crippen LogP contribution in [0.25, 0.3) is 0 Å². The lowest BCUT2D eigenvalue weighted by molar-refractivity contribution is 0.391. The van der Waals surface area contributed by atoms with E-state index in [0.29, 0.717) is 33.0 Å². The molecule has 0 aliphatic rings. The number of ether oxygens (including phenoxy) is 1. The molecule has 0 fully saturated rings. The molecule has 5 nitrogen and oxygen atoms in total. The van der Waals surface area contributed by atoms with Crippen molar-refractivity contribution in [2.45, 2.75) is 0 Å². The first-order valence-corrected chi connectivity index (χ1v) is 10.2. The zero-order valence-electron chi connectivity index (χ0n) is 14.3. The first kappa shape index (κ1) is 19.4. The molecule has 3 aromatic carbocycles. The predicted octanol–water partition coefficient (Wildman–Crippen LogP) is 6.68. The topological polar surface area (TPSA) is 56.8 Å². The van der Waals surface area contributed by atoms with E-state index in [2.05, 4.69) is 5.09 Å². The molecule has 140 valence electrons. The van der Waals surface area contributed by atoms with E-state index >= 15 is 0 Å². The van der Waals surface area contributed by atoms with Crippen molar-refractivity contribution in [1.29, 1.82) is 0 Å². The molecule has 0 saturated carbocycles. The second-order valence-electron chi connectivity index (χ2n) is 5.40. The highest BCUT2D eigenvalue weighted by molar-refractivity contribution is 7.56. The largest absolute Gasteiger partial charge is 0.541 e. The molecule has 0 aliphatic carbocycles. The van der Waals surface area contributed by atoms with Crippen LogP contribution in [0.15, 0.2) is 72.8 Å². The van der Waals surface area contributed by atoms with Gasteiger partial charge in [0.25, 0.3) is 0 Å². The summed E-state index contributed by atoms with van der Waals surface area (Å²) in [5, 5.41) is 3.89. The van der Waals surface area contributed by atoms with Gasteiger partial charge in [-0.25, -0.2) is 4.57 Å². The first-order chi connectivity index (χ1) is 13.0. The Labute approximate surface area is 167 Å². The Kier molecular flexibility index (Phi) is 6.17. The third-order valence-electron chi connectivity index (χ3n) is 3.44. The Morgan fingerprint density at radius 1 is 0.778 bits per heavy atom. The fourth-order valence-electron chi connectivity index (χ4n) is 2.22. The molecule has 0 heterocycles. The van der Waals surface area contributed by atoms with Gasteiger partial charge in [-0.15, -0.1) is 0 Å². The van der Waals surface area contributed by atoms with Crippen molar-refractivity contribution in [2.24, 2.45) is 0 Å². The maximum atomic E-state index is 13.5. The van der Waals surface area contributed by atoms with E-state index < -0.39 is 7.75 Å². The van der Waals surface area contributed by atoms with Crippen LogP contribution in [0, 0.1) is 0 Å². The summed E-state index contributed by atoms with van der Waals surface area (Å²) in [7, 11) is -2.35. The number of halogens is 2. The highest BCUT2D eigenvalue weighted by Gasteiger charge is 2.30. The highest BCUT2D eigenvalue weighted by Crippen LogP contribution is 2.50. The molecule has 0 aliphatic heterocycles. The number of rotatable bonds is 7. The summed E-state index contributed by atoms with van der Waals surface area (Å²) in [6.07, 6.45) is 0. The van der Waals surface area contributed by atoms with Crippen LogP contribution in [0.3, 0.4) is 0 Å². The van der Waals surface area contributed by atoms with Crippen LogP contribution in [0.2, 0.25) is 10.0 Å². The average molecular weight is 424 g/mol. The van der Waals surface area contributed by atoms with Crippen LogP contribution in [-0.4, -0.2) is 7.11 Å². The normalized spacial score (nSPS) is 10.9. The van der Waals surface area contributed by atoms with E-state index in [1.165, 1.54) is 7.11 Å². The molecule has 3 rings (SSSR count). The van der Waals surface area contributed by atoms with Crippen molar-refractivity contribution in [2.75, 3.05) is 12.2 Å². The second-order valence-corrected chi connectivity index (χ2v) is 7.86. The zero-order chi connectivity index (χ0) is 19.3. The van der Waals surface area contributed by atoms with E-state index in [-0.39, 0.29) is 0 Å². The number of benzene rings is 3. The molecular weight excluding hydrogens is 408 g/mol. The van der Waals surface area contributed by atoms with Crippen molar-refractivity contribution < 1.29 is 18.3 Å². The molecule has 3 aromatic rings. The fraction of sp³-hybridized carbons (Fsp3) is 0.0526. The van der Waals surface area contributed by atoms with Gasteiger partial charge in [0.1, 0.15) is 17.2 Å². The van der Waals surface area contributed by atoms with E-state index in [0.717, 1.165) is 0 Å². The molecule has 1 N–H and O–H groups in total. The van der Waals surface area contributed by atoms with Crippen LogP contribution < -0.4 is 18.9 Å². The number of methoxy groups -OCH3 is 1. The summed E-state index contributed by atoms with van der Waals surface area (Å²) in [5.41, 5.74) is 0.464. The molecule has 0 radical (unpaired) electrons. The van der Waals surface area contributed by atoms with Crippen LogP contribution in [0.1, 0.15) is 0 Å². The number of anilines is 1. The minimum atomic E-state index is -3.87. The van der Waals surface area contributed by atoms with Gasteiger partial charge in [0, 0.05) is 10.0 Å². The number of hydrogen-bond acceptors (Lipinski definition) is 4. The third kappa shape index (κ3) is 5.33. The van der Waals surface area contributed by atoms with Gasteiger partial charge in [-0.2, -0.15) is 0 Å². The lowest BCUT2D eigenvalue weighted by Crippen LogP contribution is -2.10. The van der Waals surface area contributed by atoms with Gasteiger partial charge in [-0.3, -0.25) is 5.09 Å². The minimum Gasteiger partial charge on any atom is -0.495 e. The number of para-hydroxylation sites is 2. The quantitative estimate of drug-likeness (QED) is 0.429. The van der Waals surface area contributed by atoms with Crippen molar-refractivity contribution in [1.82, 2.24) is 0 Å². The molecular formula is C19H16Cl2NO4P. The van der Waals surface area contributed by atoms with Crippen LogP contribution in [0.4, 0.5) is 5.69 Å². The van der Waals surface area contributed by atoms with E-state index in [1.807, 2.05) is 0 Å². The Bertz CT molecular complexity index is 897. The molecule has 0 spiro atoms. The number of nitrogens with one attached hydrogen (secondary N) is 1. The maximum Gasteiger partial charge on any atom is 0.541 e. The van der Waals surface area contributed by atoms with Crippen molar-refractivity contribution >= 4 is 36.6 Å². The average Bonchev–Trinajstić information content (AvgIpc) is 2.66. The summed E-state index contributed by atoms with van der Waals surface area (Å²) >= 11 is 11.8. The summed E-state index contributed by atoms with van der Waals surface area (Å²) in [6, 6.07) is 20.0. The summed E-state index contributed by atoms with van der Waals surface area (Å²) in [4.78, 5) is 0. The van der Waals surface area contributed by atoms with Gasteiger partial charge in [0.2, 0.25) is 0 Å². The monoisotopic (exact) mass is 423 g/mol. The van der Waals surface area contributed by atoms with Crippen LogP contribution in [0.5, 0.6) is 17.2 Å². The summed E-state index contributed by atoms with van der Waals surface area (Å²) < 4.78 is 30.1. The highest BCUT2D eigenvalue weighted by atomic mass is 35.5. The zero-order valence-corrected chi connectivity index (χ0v) is 16.7. The Balaban J connectivity index is 1.92. The van der Waals surface area contributed by atoms with Gasteiger partial charge in [0.05, 0.1) is 12.8 Å². The summed E-state index contributed by atoms with van der Waals surface area (Å²) in [6.45, 7) is 0. The van der Waals surface area contributed by atoms with Gasteiger partial charge >= 0.3 is 7.75 Å². The van der Waals surface area contributed by atoms with Crippen LogP contribution >= 0.6 is 30.9 Å². The van der Waals surface area contributed by atoms with Crippen LogP contribution in [-0.2, 0) is 4.57 Å². The molecule has 0 amide bonds. The van der Waals surface area contributed by atoms with Gasteiger partial charge in [0.15, 0.2) is 0 Å². The predicted molar refractivity (Wildman–Crippen MR) is 108 cm³/mol. The minimum absolute atomic E-state index is 0.332. The maximum absolute atomic E-state index is 13.5. The first-order valence-electron chi connectivity index (χ1n) is 7.89.